The second kappa shape index (κ2) is 7.88. The first-order chi connectivity index (χ1) is 12.7. The maximum atomic E-state index is 11.1. The molecule has 2 saturated heterocycles. The quantitative estimate of drug-likeness (QED) is 0.870. The van der Waals surface area contributed by atoms with Crippen LogP contribution in [0.15, 0.2) is 12.4 Å². The highest BCUT2D eigenvalue weighted by atomic mass is 16.5. The van der Waals surface area contributed by atoms with Gasteiger partial charge in [-0.05, 0) is 25.7 Å². The molecule has 3 aliphatic rings. The lowest BCUT2D eigenvalue weighted by Crippen LogP contribution is -2.49. The fourth-order valence-corrected chi connectivity index (χ4v) is 4.43. The van der Waals surface area contributed by atoms with E-state index in [2.05, 4.69) is 31.2 Å². The van der Waals surface area contributed by atoms with E-state index in [1.54, 1.807) is 13.3 Å². The summed E-state index contributed by atoms with van der Waals surface area (Å²) < 4.78 is 5.47. The number of nitrogens with zero attached hydrogens (tertiary/aromatic N) is 4. The molecule has 3 heterocycles. The Balaban J connectivity index is 1.31. The molecule has 1 N–H and O–H groups in total. The van der Waals surface area contributed by atoms with Crippen molar-refractivity contribution < 1.29 is 9.53 Å². The molecule has 0 radical (unpaired) electrons. The van der Waals surface area contributed by atoms with Gasteiger partial charge in [-0.3, -0.25) is 9.69 Å². The van der Waals surface area contributed by atoms with Gasteiger partial charge < -0.3 is 15.0 Å². The van der Waals surface area contributed by atoms with Gasteiger partial charge in [0.15, 0.2) is 0 Å². The van der Waals surface area contributed by atoms with E-state index in [9.17, 15) is 4.79 Å². The zero-order valence-corrected chi connectivity index (χ0v) is 15.6. The standard InChI is InChI=1S/C19H29N5O2/c1-14(25)22-16-10-15(11-16)18-12-19(21-13-20-18)24-4-2-17(3-5-24)23-6-8-26-9-7-23/h12-13,15-17H,2-11H2,1H3,(H,22,25). The van der Waals surface area contributed by atoms with Gasteiger partial charge in [0.2, 0.25) is 5.91 Å². The highest BCUT2D eigenvalue weighted by Gasteiger charge is 2.32. The van der Waals surface area contributed by atoms with Crippen molar-refractivity contribution in [3.8, 4) is 0 Å². The number of amides is 1. The minimum atomic E-state index is 0.0555. The number of nitrogens with one attached hydrogen (secondary N) is 1. The lowest BCUT2D eigenvalue weighted by molar-refractivity contribution is -0.120. The van der Waals surface area contributed by atoms with Gasteiger partial charge in [-0.25, -0.2) is 9.97 Å². The molecule has 0 atom stereocenters. The normalized spacial score (nSPS) is 27.8. The molecule has 1 amide bonds. The Morgan fingerprint density at radius 2 is 1.88 bits per heavy atom. The molecule has 1 aromatic heterocycles. The van der Waals surface area contributed by atoms with Crippen LogP contribution in [0.2, 0.25) is 0 Å². The Morgan fingerprint density at radius 3 is 2.58 bits per heavy atom. The molecule has 0 aromatic carbocycles. The Labute approximate surface area is 155 Å². The lowest BCUT2D eigenvalue weighted by atomic mass is 9.78. The molecule has 1 aromatic rings. The Morgan fingerprint density at radius 1 is 1.15 bits per heavy atom. The number of rotatable bonds is 4. The fraction of sp³-hybridized carbons (Fsp3) is 0.737. The monoisotopic (exact) mass is 359 g/mol. The van der Waals surface area contributed by atoms with Crippen molar-refractivity contribution >= 4 is 11.7 Å². The van der Waals surface area contributed by atoms with Crippen molar-refractivity contribution in [2.24, 2.45) is 0 Å². The summed E-state index contributed by atoms with van der Waals surface area (Å²) in [7, 11) is 0. The van der Waals surface area contributed by atoms with Crippen LogP contribution in [0.4, 0.5) is 5.82 Å². The summed E-state index contributed by atoms with van der Waals surface area (Å²) >= 11 is 0. The smallest absolute Gasteiger partial charge is 0.217 e. The molecule has 1 aliphatic carbocycles. The van der Waals surface area contributed by atoms with Crippen LogP contribution in [0.5, 0.6) is 0 Å². The fourth-order valence-electron chi connectivity index (χ4n) is 4.43. The Bertz CT molecular complexity index is 620. The summed E-state index contributed by atoms with van der Waals surface area (Å²) in [6.07, 6.45) is 6.04. The van der Waals surface area contributed by atoms with Crippen molar-refractivity contribution in [2.75, 3.05) is 44.3 Å². The highest BCUT2D eigenvalue weighted by molar-refractivity contribution is 5.73. The molecule has 26 heavy (non-hydrogen) atoms. The van der Waals surface area contributed by atoms with Crippen molar-refractivity contribution in [2.45, 2.75) is 50.6 Å². The number of hydrogen-bond acceptors (Lipinski definition) is 6. The Hall–Kier alpha value is -1.73. The van der Waals surface area contributed by atoms with Gasteiger partial charge in [-0.15, -0.1) is 0 Å². The molecule has 4 rings (SSSR count). The molecule has 7 heteroatoms. The second-order valence-corrected chi connectivity index (χ2v) is 7.73. The van der Waals surface area contributed by atoms with Gasteiger partial charge in [-0.1, -0.05) is 0 Å². The number of ether oxygens (including phenoxy) is 1. The SMILES string of the molecule is CC(=O)NC1CC(c2cc(N3CCC(N4CCOCC4)CC3)ncn2)C1. The van der Waals surface area contributed by atoms with Crippen LogP contribution in [0.3, 0.4) is 0 Å². The predicted molar refractivity (Wildman–Crippen MR) is 99.2 cm³/mol. The van der Waals surface area contributed by atoms with Crippen LogP contribution < -0.4 is 10.2 Å². The molecule has 3 fully saturated rings. The summed E-state index contributed by atoms with van der Waals surface area (Å²) in [5.74, 6) is 1.55. The molecule has 0 spiro atoms. The van der Waals surface area contributed by atoms with Crippen LogP contribution in [0.1, 0.15) is 44.2 Å². The maximum absolute atomic E-state index is 11.1. The maximum Gasteiger partial charge on any atom is 0.217 e. The van der Waals surface area contributed by atoms with Crippen LogP contribution in [-0.2, 0) is 9.53 Å². The van der Waals surface area contributed by atoms with E-state index < -0.39 is 0 Å². The number of carbonyl (C=O) groups is 1. The van der Waals surface area contributed by atoms with Gasteiger partial charge >= 0.3 is 0 Å². The number of anilines is 1. The van der Waals surface area contributed by atoms with E-state index in [-0.39, 0.29) is 5.91 Å². The van der Waals surface area contributed by atoms with Gasteiger partial charge in [0.25, 0.3) is 0 Å². The number of morpholine rings is 1. The van der Waals surface area contributed by atoms with E-state index in [1.807, 2.05) is 0 Å². The number of aromatic nitrogens is 2. The van der Waals surface area contributed by atoms with Crippen molar-refractivity contribution in [1.29, 1.82) is 0 Å². The zero-order valence-electron chi connectivity index (χ0n) is 15.6. The molecule has 0 bridgehead atoms. The van der Waals surface area contributed by atoms with Gasteiger partial charge in [0.1, 0.15) is 12.1 Å². The first kappa shape index (κ1) is 17.7. The average Bonchev–Trinajstić information content (AvgIpc) is 2.65. The van der Waals surface area contributed by atoms with Gasteiger partial charge in [0.05, 0.1) is 13.2 Å². The molecule has 142 valence electrons. The molecule has 7 nitrogen and oxygen atoms in total. The summed E-state index contributed by atoms with van der Waals surface area (Å²) in [5.41, 5.74) is 1.12. The third-order valence-corrected chi connectivity index (χ3v) is 5.99. The predicted octanol–water partition coefficient (Wildman–Crippen LogP) is 1.16. The summed E-state index contributed by atoms with van der Waals surface area (Å²) in [5, 5.41) is 2.99. The van der Waals surface area contributed by atoms with Crippen molar-refractivity contribution in [3.63, 3.8) is 0 Å². The van der Waals surface area contributed by atoms with E-state index in [4.69, 9.17) is 4.74 Å². The summed E-state index contributed by atoms with van der Waals surface area (Å²) in [4.78, 5) is 25.1. The number of piperidine rings is 1. The van der Waals surface area contributed by atoms with Gasteiger partial charge in [0, 0.05) is 62.9 Å². The van der Waals surface area contributed by atoms with Crippen LogP contribution in [0, 0.1) is 0 Å². The number of carbonyl (C=O) groups excluding carboxylic acids is 1. The molecular formula is C19H29N5O2. The second-order valence-electron chi connectivity index (χ2n) is 7.73. The van der Waals surface area contributed by atoms with Crippen molar-refractivity contribution in [3.05, 3.63) is 18.1 Å². The van der Waals surface area contributed by atoms with E-state index in [0.717, 1.165) is 63.7 Å². The van der Waals surface area contributed by atoms with Crippen molar-refractivity contribution in [1.82, 2.24) is 20.2 Å². The minimum absolute atomic E-state index is 0.0555. The van der Waals surface area contributed by atoms with Gasteiger partial charge in [-0.2, -0.15) is 0 Å². The first-order valence-corrected chi connectivity index (χ1v) is 9.85. The van der Waals surface area contributed by atoms with E-state index in [1.165, 1.54) is 12.8 Å². The van der Waals surface area contributed by atoms with E-state index in [0.29, 0.717) is 18.0 Å². The van der Waals surface area contributed by atoms with Crippen LogP contribution in [0.25, 0.3) is 0 Å². The largest absolute Gasteiger partial charge is 0.379 e. The highest BCUT2D eigenvalue weighted by Crippen LogP contribution is 2.36. The molecular weight excluding hydrogens is 330 g/mol. The molecule has 2 aliphatic heterocycles. The number of hydrogen-bond donors (Lipinski definition) is 1. The third kappa shape index (κ3) is 3.99. The van der Waals surface area contributed by atoms with Crippen LogP contribution >= 0.6 is 0 Å². The minimum Gasteiger partial charge on any atom is -0.379 e. The molecule has 0 unspecified atom stereocenters. The third-order valence-electron chi connectivity index (χ3n) is 5.99. The Kier molecular flexibility index (Phi) is 5.36. The first-order valence-electron chi connectivity index (χ1n) is 9.85. The average molecular weight is 359 g/mol. The topological polar surface area (TPSA) is 70.6 Å². The molecule has 1 saturated carbocycles. The summed E-state index contributed by atoms with van der Waals surface area (Å²) in [6.45, 7) is 7.57. The summed E-state index contributed by atoms with van der Waals surface area (Å²) in [6, 6.07) is 3.14. The lowest BCUT2D eigenvalue weighted by Gasteiger charge is -2.40. The van der Waals surface area contributed by atoms with Crippen LogP contribution in [-0.4, -0.2) is 72.3 Å². The van der Waals surface area contributed by atoms with E-state index >= 15 is 0 Å². The zero-order chi connectivity index (χ0) is 17.9.